The number of fused-ring (bicyclic) bond motifs is 1. The molecule has 10 heteroatoms. The second-order valence-electron chi connectivity index (χ2n) is 8.37. The molecule has 180 valence electrons. The van der Waals surface area contributed by atoms with Crippen LogP contribution in [0.4, 0.5) is 5.82 Å². The number of carbonyl (C=O) groups is 1. The van der Waals surface area contributed by atoms with Crippen LogP contribution >= 0.6 is 11.6 Å². The molecular formula is C26H22ClN7O2. The molecule has 0 spiro atoms. The summed E-state index contributed by atoms with van der Waals surface area (Å²) >= 11 is 6.16. The molecular weight excluding hydrogens is 478 g/mol. The van der Waals surface area contributed by atoms with Gasteiger partial charge in [0, 0.05) is 42.5 Å². The van der Waals surface area contributed by atoms with Gasteiger partial charge >= 0.3 is 0 Å². The van der Waals surface area contributed by atoms with Gasteiger partial charge in [-0.25, -0.2) is 9.97 Å². The summed E-state index contributed by atoms with van der Waals surface area (Å²) in [6, 6.07) is 16.8. The van der Waals surface area contributed by atoms with Gasteiger partial charge in [-0.3, -0.25) is 14.3 Å². The highest BCUT2D eigenvalue weighted by Gasteiger charge is 2.13. The first-order valence-corrected chi connectivity index (χ1v) is 11.5. The van der Waals surface area contributed by atoms with Crippen molar-refractivity contribution >= 4 is 34.2 Å². The molecule has 36 heavy (non-hydrogen) atoms. The lowest BCUT2D eigenvalue weighted by atomic mass is 10.0. The Morgan fingerprint density at radius 1 is 1.03 bits per heavy atom. The highest BCUT2D eigenvalue weighted by Crippen LogP contribution is 2.30. The summed E-state index contributed by atoms with van der Waals surface area (Å²) in [6.45, 7) is 0.466. The average Bonchev–Trinajstić information content (AvgIpc) is 3.31. The molecule has 5 rings (SSSR count). The number of nitrogens with zero attached hydrogens (tertiary/aromatic N) is 5. The van der Waals surface area contributed by atoms with Crippen LogP contribution < -0.4 is 16.6 Å². The summed E-state index contributed by atoms with van der Waals surface area (Å²) in [6.07, 6.45) is 5.08. The number of hydrogen-bond donors (Lipinski definition) is 2. The zero-order chi connectivity index (χ0) is 25.2. The molecule has 0 saturated carbocycles. The lowest BCUT2D eigenvalue weighted by Gasteiger charge is -2.12. The normalized spacial score (nSPS) is 11.1. The van der Waals surface area contributed by atoms with Gasteiger partial charge in [-0.2, -0.15) is 5.10 Å². The third kappa shape index (κ3) is 4.96. The molecule has 0 atom stereocenters. The number of nitrogens with one attached hydrogen (secondary N) is 1. The molecule has 2 aromatic carbocycles. The SMILES string of the molecule is Cn1cc(-c2ccc3nc(-c4cnn(CC(N)=O)c4)nc(NCc4cccc(Cl)c4)c3c2)ccc1=O. The summed E-state index contributed by atoms with van der Waals surface area (Å²) in [4.78, 5) is 32.6. The predicted molar refractivity (Wildman–Crippen MR) is 139 cm³/mol. The van der Waals surface area contributed by atoms with Crippen LogP contribution in [0.2, 0.25) is 5.02 Å². The number of benzene rings is 2. The number of rotatable bonds is 7. The maximum Gasteiger partial charge on any atom is 0.250 e. The molecule has 0 fully saturated rings. The van der Waals surface area contributed by atoms with Crippen LogP contribution in [0, 0.1) is 0 Å². The number of aryl methyl sites for hydroxylation is 1. The topological polar surface area (TPSA) is 121 Å². The molecule has 1 amide bonds. The van der Waals surface area contributed by atoms with Crippen molar-refractivity contribution in [1.29, 1.82) is 0 Å². The van der Waals surface area contributed by atoms with E-state index in [4.69, 9.17) is 27.3 Å². The van der Waals surface area contributed by atoms with Gasteiger partial charge in [0.2, 0.25) is 11.5 Å². The number of anilines is 1. The Morgan fingerprint density at radius 2 is 1.86 bits per heavy atom. The van der Waals surface area contributed by atoms with Crippen molar-refractivity contribution in [3.8, 4) is 22.5 Å². The lowest BCUT2D eigenvalue weighted by Crippen LogP contribution is -2.18. The fourth-order valence-electron chi connectivity index (χ4n) is 3.89. The molecule has 3 heterocycles. The first-order chi connectivity index (χ1) is 17.4. The van der Waals surface area contributed by atoms with Crippen molar-refractivity contribution < 1.29 is 4.79 Å². The van der Waals surface area contributed by atoms with E-state index in [0.29, 0.717) is 28.8 Å². The van der Waals surface area contributed by atoms with Crippen LogP contribution in [-0.4, -0.2) is 30.2 Å². The van der Waals surface area contributed by atoms with Crippen LogP contribution in [0.3, 0.4) is 0 Å². The van der Waals surface area contributed by atoms with Gasteiger partial charge < -0.3 is 15.6 Å². The van der Waals surface area contributed by atoms with E-state index in [1.54, 1.807) is 42.3 Å². The van der Waals surface area contributed by atoms with Crippen molar-refractivity contribution in [3.63, 3.8) is 0 Å². The minimum Gasteiger partial charge on any atom is -0.368 e. The van der Waals surface area contributed by atoms with E-state index >= 15 is 0 Å². The van der Waals surface area contributed by atoms with Crippen molar-refractivity contribution in [1.82, 2.24) is 24.3 Å². The van der Waals surface area contributed by atoms with E-state index in [9.17, 15) is 9.59 Å². The second kappa shape index (κ2) is 9.63. The summed E-state index contributed by atoms with van der Waals surface area (Å²) < 4.78 is 2.99. The van der Waals surface area contributed by atoms with Crippen LogP contribution in [0.1, 0.15) is 5.56 Å². The van der Waals surface area contributed by atoms with Crippen LogP contribution in [0.5, 0.6) is 0 Å². The summed E-state index contributed by atoms with van der Waals surface area (Å²) in [7, 11) is 1.72. The van der Waals surface area contributed by atoms with Crippen molar-refractivity contribution in [2.24, 2.45) is 12.8 Å². The van der Waals surface area contributed by atoms with E-state index in [-0.39, 0.29) is 12.1 Å². The Labute approximate surface area is 211 Å². The first kappa shape index (κ1) is 23.3. The van der Waals surface area contributed by atoms with Gasteiger partial charge in [-0.1, -0.05) is 29.8 Å². The number of aromatic nitrogens is 5. The Hall–Kier alpha value is -4.50. The minimum absolute atomic E-state index is 0.0314. The van der Waals surface area contributed by atoms with E-state index in [0.717, 1.165) is 27.6 Å². The Bertz CT molecular complexity index is 1660. The average molecular weight is 500 g/mol. The van der Waals surface area contributed by atoms with Gasteiger partial charge in [0.15, 0.2) is 5.82 Å². The number of hydrogen-bond acceptors (Lipinski definition) is 6. The zero-order valence-electron chi connectivity index (χ0n) is 19.4. The summed E-state index contributed by atoms with van der Waals surface area (Å²) in [5.74, 6) is 0.602. The molecule has 0 bridgehead atoms. The van der Waals surface area contributed by atoms with Crippen LogP contribution in [0.15, 0.2) is 78.0 Å². The maximum atomic E-state index is 11.8. The van der Waals surface area contributed by atoms with E-state index in [1.165, 1.54) is 4.68 Å². The van der Waals surface area contributed by atoms with E-state index < -0.39 is 5.91 Å². The molecule has 0 unspecified atom stereocenters. The first-order valence-electron chi connectivity index (χ1n) is 11.1. The molecule has 0 aliphatic carbocycles. The quantitative estimate of drug-likeness (QED) is 0.353. The third-order valence-corrected chi connectivity index (χ3v) is 5.91. The monoisotopic (exact) mass is 499 g/mol. The largest absolute Gasteiger partial charge is 0.368 e. The van der Waals surface area contributed by atoms with Gasteiger partial charge in [0.1, 0.15) is 12.4 Å². The van der Waals surface area contributed by atoms with Gasteiger partial charge in [-0.15, -0.1) is 0 Å². The van der Waals surface area contributed by atoms with Gasteiger partial charge in [-0.05, 0) is 47.0 Å². The Balaban J connectivity index is 1.59. The highest BCUT2D eigenvalue weighted by molar-refractivity contribution is 6.30. The number of nitrogens with two attached hydrogens (primary N) is 1. The van der Waals surface area contributed by atoms with Crippen molar-refractivity contribution in [2.75, 3.05) is 5.32 Å². The third-order valence-electron chi connectivity index (χ3n) is 5.67. The van der Waals surface area contributed by atoms with Crippen LogP contribution in [-0.2, 0) is 24.9 Å². The number of primary amides is 1. The molecule has 0 radical (unpaired) electrons. The highest BCUT2D eigenvalue weighted by atomic mass is 35.5. The molecule has 5 aromatic rings. The smallest absolute Gasteiger partial charge is 0.250 e. The Kier molecular flexibility index (Phi) is 6.22. The fraction of sp³-hybridized carbons (Fsp3) is 0.115. The Morgan fingerprint density at radius 3 is 2.64 bits per heavy atom. The van der Waals surface area contributed by atoms with Crippen LogP contribution in [0.25, 0.3) is 33.4 Å². The standard InChI is InChI=1S/C26H22ClN7O2/c1-33-13-18(6-8-24(33)36)17-5-7-22-21(10-17)26(29-11-16-3-2-4-20(27)9-16)32-25(31-22)19-12-30-34(14-19)15-23(28)35/h2-10,12-14H,11,15H2,1H3,(H2,28,35)(H,29,31,32). The van der Waals surface area contributed by atoms with Crippen molar-refractivity contribution in [2.45, 2.75) is 13.1 Å². The minimum atomic E-state index is -0.487. The lowest BCUT2D eigenvalue weighted by molar-refractivity contribution is -0.118. The molecule has 0 saturated heterocycles. The van der Waals surface area contributed by atoms with E-state index in [1.807, 2.05) is 42.5 Å². The maximum absolute atomic E-state index is 11.8. The molecule has 3 aromatic heterocycles. The fourth-order valence-corrected chi connectivity index (χ4v) is 4.11. The van der Waals surface area contributed by atoms with Crippen molar-refractivity contribution in [3.05, 3.63) is 94.1 Å². The summed E-state index contributed by atoms with van der Waals surface area (Å²) in [5, 5.41) is 9.07. The summed E-state index contributed by atoms with van der Waals surface area (Å²) in [5.41, 5.74) is 9.42. The molecule has 3 N–H and O–H groups in total. The zero-order valence-corrected chi connectivity index (χ0v) is 20.1. The number of pyridine rings is 1. The number of carbonyl (C=O) groups excluding carboxylic acids is 1. The predicted octanol–water partition coefficient (Wildman–Crippen LogP) is 3.61. The van der Waals surface area contributed by atoms with Gasteiger partial charge in [0.05, 0.1) is 17.3 Å². The van der Waals surface area contributed by atoms with E-state index in [2.05, 4.69) is 10.4 Å². The molecule has 0 aliphatic heterocycles. The number of amides is 1. The number of halogens is 1. The molecule has 0 aliphatic rings. The second-order valence-corrected chi connectivity index (χ2v) is 8.81. The van der Waals surface area contributed by atoms with Gasteiger partial charge in [0.25, 0.3) is 0 Å². The molecule has 9 nitrogen and oxygen atoms in total.